The van der Waals surface area contributed by atoms with Crippen molar-refractivity contribution in [1.29, 1.82) is 0 Å². The van der Waals surface area contributed by atoms with Crippen molar-refractivity contribution in [2.45, 2.75) is 365 Å². The average Bonchev–Trinajstić information content (AvgIpc) is 0.779. The molecule has 4 unspecified atom stereocenters. The van der Waals surface area contributed by atoms with Gasteiger partial charge < -0.3 is 115 Å². The van der Waals surface area contributed by atoms with Crippen LogP contribution in [-0.2, 0) is 104 Å². The van der Waals surface area contributed by atoms with Gasteiger partial charge in [0.05, 0.1) is 131 Å². The molecule has 2 N–H and O–H groups in total. The van der Waals surface area contributed by atoms with Gasteiger partial charge >= 0.3 is 35.8 Å². The molecule has 0 radical (unpaired) electrons. The molecule has 4 aromatic carbocycles. The lowest BCUT2D eigenvalue weighted by atomic mass is 9.74. The van der Waals surface area contributed by atoms with E-state index in [0.29, 0.717) is 59.9 Å². The highest BCUT2D eigenvalue weighted by atomic mass is 16.8. The van der Waals surface area contributed by atoms with Crippen LogP contribution in [0.3, 0.4) is 0 Å². The van der Waals surface area contributed by atoms with Crippen LogP contribution in [-0.4, -0.2) is 288 Å². The number of rotatable bonds is 24. The summed E-state index contributed by atoms with van der Waals surface area (Å²) in [4.78, 5) is 88.1. The predicted octanol–water partition coefficient (Wildman–Crippen LogP) is 15.3. The van der Waals surface area contributed by atoms with E-state index < -0.39 is 216 Å². The maximum atomic E-state index is 14.9. The Bertz CT molecular complexity index is 4570. The monoisotopic (exact) mass is 1920 g/mol. The third kappa shape index (κ3) is 26.5. The van der Waals surface area contributed by atoms with Crippen molar-refractivity contribution in [2.24, 2.45) is 47.3 Å². The van der Waals surface area contributed by atoms with E-state index in [-0.39, 0.29) is 67.1 Å². The van der Waals surface area contributed by atoms with Crippen LogP contribution in [0.5, 0.6) is 0 Å². The zero-order valence-corrected chi connectivity index (χ0v) is 86.0. The number of carbonyl (C=O) groups excluding carboxylic acids is 6. The summed E-state index contributed by atoms with van der Waals surface area (Å²) in [5, 5.41) is 23.5. The Kier molecular flexibility index (Phi) is 39.1. The van der Waals surface area contributed by atoms with Gasteiger partial charge in [-0.05, 0) is 221 Å². The number of benzene rings is 4. The van der Waals surface area contributed by atoms with Gasteiger partial charge in [0.2, 0.25) is 0 Å². The maximum absolute atomic E-state index is 14.9. The van der Waals surface area contributed by atoms with Crippen LogP contribution in [0.2, 0.25) is 0 Å². The Morgan fingerprint density at radius 3 is 1.07 bits per heavy atom. The zero-order chi connectivity index (χ0) is 101. The first-order valence-corrected chi connectivity index (χ1v) is 48.9. The molecule has 7 aliphatic heterocycles. The number of aliphatic hydroxyl groups excluding tert-OH is 2. The first kappa shape index (κ1) is 111. The van der Waals surface area contributed by atoms with E-state index in [1.165, 1.54) is 7.11 Å². The van der Waals surface area contributed by atoms with Gasteiger partial charge in [0.25, 0.3) is 0 Å². The standard InChI is InChI=1S/C55H81NO14.C52H77NO14/c1-17-41-33(4)45-34(5)43(69-53(9,10)70-45)31(2)29-54(11,60-15)47(68-52-46(40(56(13)14)28-32(3)62-52)66-50(58)38-24-20-18-21-25-38)35(6)44(36(7)49(57)64-41)65-42-30-55(12,61-16)48(37(8)63-42)67-51(59)39-26-22-19-23-27-39;1-15-39-31(4)42(55)32(5)41(54)29(2)27-51(9,59-13)45(67-50-44(38(53(11)12)26-30(3)61-50)65-48(57)36-22-18-16-19-23-36)33(6)43(34(7)47(56)63-39)64-40-28-52(10,60-14)46(35(8)62-40)66-49(58)37-24-20-17-21-25-37/h18-27,31-32,34-37,40-48,52H,4,17,28-30H2,1-3,5-16H3;16-25,29-30,32-35,38-46,50,54-55H,4,15,26-28H2,1-3,5-14H3/t31-,32-,34+,35+,36-,37+,40+,41-,42?,43+,44+,45+,46-,47-,48+,52?,54+,55-;29-,30-,32+,33+,34-,35+,38+,39-,40?,41+,42+,43+,44-,45-,46+,50?,51+,52-/m11/s1. The van der Waals surface area contributed by atoms with Crippen molar-refractivity contribution < 1.29 is 134 Å². The molecular weight excluding hydrogens is 1760 g/mol. The smallest absolute Gasteiger partial charge is 0.338 e. The first-order valence-electron chi connectivity index (χ1n) is 48.9. The van der Waals surface area contributed by atoms with E-state index in [2.05, 4.69) is 27.0 Å². The molecule has 7 fully saturated rings. The molecule has 11 rings (SSSR count). The van der Waals surface area contributed by atoms with Crippen molar-refractivity contribution >= 4 is 35.8 Å². The predicted molar refractivity (Wildman–Crippen MR) is 511 cm³/mol. The fraction of sp³-hybridized carbons (Fsp3) is 0.682. The summed E-state index contributed by atoms with van der Waals surface area (Å²) in [6.07, 6.45) is -15.7. The number of cyclic esters (lactones) is 2. The summed E-state index contributed by atoms with van der Waals surface area (Å²) < 4.78 is 132. The quantitative estimate of drug-likeness (QED) is 0.0374. The van der Waals surface area contributed by atoms with Crippen LogP contribution in [0.15, 0.2) is 146 Å². The SMILES string of the molecule is C=C1[C@@H](CC)OC(=O)[C@H](C)[C@@H](OC2C[C@@](C)(OC)[C@@H](OC(=O)c3ccccc3)[C@H](C)O2)[C@H](C)[C@@H](OC2O[C@H](C)C[C@H](N(C)C)[C@H]2OC(=O)c2ccccc2)[C@@](C)(OC)C[C@@H](C)[C@@H]2OC(C)(C)O[C@@H]1[C@H]2C.C=C1[C@@H](CC)OC(=O)[C@H](C)[C@@H](OC2C[C@@](C)(OC)[C@@H](OC(=O)c3ccccc3)[C@H](C)O2)[C@H](C)[C@@H](OC2O[C@H](C)C[C@H](N(C)C)[C@H]2OC(=O)c2ccccc2)[C@@](C)(OC)C[C@@H](C)[C@H](O)[C@H](C)[C@H]1O. The van der Waals surface area contributed by atoms with Crippen LogP contribution in [0.25, 0.3) is 0 Å². The third-order valence-corrected chi connectivity index (χ3v) is 29.7. The van der Waals surface area contributed by atoms with Gasteiger partial charge in [-0.2, -0.15) is 0 Å². The number of esters is 6. The summed E-state index contributed by atoms with van der Waals surface area (Å²) in [6.45, 7) is 46.4. The number of fused-ring (bicyclic) bond motifs is 2. The number of hydrogen-bond acceptors (Lipinski definition) is 30. The molecule has 30 heteroatoms. The molecule has 0 spiro atoms. The normalized spacial score (nSPS) is 39.4. The number of carbonyl (C=O) groups is 6. The minimum atomic E-state index is -1.26. The van der Waals surface area contributed by atoms with Gasteiger partial charge in [-0.25, -0.2) is 19.2 Å². The van der Waals surface area contributed by atoms with E-state index in [9.17, 15) is 39.0 Å². The number of nitrogens with zero attached hydrogens (tertiary/aromatic N) is 2. The lowest BCUT2D eigenvalue weighted by Crippen LogP contribution is -2.62. The highest BCUT2D eigenvalue weighted by Gasteiger charge is 2.59. The molecular formula is C107H158N2O28. The van der Waals surface area contributed by atoms with Crippen molar-refractivity contribution in [2.75, 3.05) is 56.6 Å². The average molecular weight is 1920 g/mol. The van der Waals surface area contributed by atoms with Crippen molar-refractivity contribution in [1.82, 2.24) is 9.80 Å². The zero-order valence-electron chi connectivity index (χ0n) is 86.0. The molecule has 0 aromatic heterocycles. The van der Waals surface area contributed by atoms with Crippen LogP contribution in [0.4, 0.5) is 0 Å². The molecule has 764 valence electrons. The Labute approximate surface area is 812 Å². The molecule has 36 atom stereocenters. The number of aliphatic hydroxyl groups is 2. The summed E-state index contributed by atoms with van der Waals surface area (Å²) in [6, 6.07) is 34.3. The van der Waals surface area contributed by atoms with Gasteiger partial charge in [-0.3, -0.25) is 9.59 Å². The number of methoxy groups -OCH3 is 4. The van der Waals surface area contributed by atoms with Gasteiger partial charge in [0.1, 0.15) is 23.4 Å². The summed E-state index contributed by atoms with van der Waals surface area (Å²) in [7, 11) is 14.0. The molecule has 30 nitrogen and oxygen atoms in total. The molecule has 0 amide bonds. The van der Waals surface area contributed by atoms with Gasteiger partial charge in [-0.15, -0.1) is 0 Å². The first-order chi connectivity index (χ1) is 64.5. The van der Waals surface area contributed by atoms with Crippen LogP contribution in [0.1, 0.15) is 231 Å². The van der Waals surface area contributed by atoms with Crippen molar-refractivity contribution in [3.05, 3.63) is 168 Å². The van der Waals surface area contributed by atoms with Crippen LogP contribution in [0, 0.1) is 47.3 Å². The van der Waals surface area contributed by atoms with Gasteiger partial charge in [0, 0.05) is 65.0 Å². The third-order valence-electron chi connectivity index (χ3n) is 29.7. The highest BCUT2D eigenvalue weighted by Crippen LogP contribution is 2.49. The molecule has 7 heterocycles. The van der Waals surface area contributed by atoms with Crippen LogP contribution < -0.4 is 0 Å². The van der Waals surface area contributed by atoms with Crippen LogP contribution >= 0.6 is 0 Å². The minimum Gasteiger partial charge on any atom is -0.457 e. The number of ether oxygens (including phenoxy) is 20. The molecule has 2 bridgehead atoms. The molecule has 4 aromatic rings. The van der Waals surface area contributed by atoms with Crippen molar-refractivity contribution in [3.8, 4) is 0 Å². The van der Waals surface area contributed by atoms with Crippen molar-refractivity contribution in [3.63, 3.8) is 0 Å². The largest absolute Gasteiger partial charge is 0.457 e. The van der Waals surface area contributed by atoms with E-state index in [4.69, 9.17) is 94.7 Å². The van der Waals surface area contributed by atoms with E-state index in [0.717, 1.165) is 0 Å². The fourth-order valence-electron chi connectivity index (χ4n) is 21.5. The highest BCUT2D eigenvalue weighted by molar-refractivity contribution is 5.91. The van der Waals surface area contributed by atoms with E-state index >= 15 is 0 Å². The van der Waals surface area contributed by atoms with Gasteiger partial charge in [-0.1, -0.05) is 141 Å². The molecule has 0 aliphatic carbocycles. The minimum absolute atomic E-state index is 0.0889. The summed E-state index contributed by atoms with van der Waals surface area (Å²) in [5.41, 5.74) is -2.14. The molecule has 0 saturated carbocycles. The Hall–Kier alpha value is -7.54. The Morgan fingerprint density at radius 1 is 0.409 bits per heavy atom. The lowest BCUT2D eigenvalue weighted by molar-refractivity contribution is -0.330. The Balaban J connectivity index is 0.000000283. The Morgan fingerprint density at radius 2 is 0.737 bits per heavy atom. The summed E-state index contributed by atoms with van der Waals surface area (Å²) >= 11 is 0. The van der Waals surface area contributed by atoms with E-state index in [1.54, 1.807) is 153 Å². The number of hydrogen-bond donors (Lipinski definition) is 2. The maximum Gasteiger partial charge on any atom is 0.338 e. The second-order valence-corrected chi connectivity index (χ2v) is 41.0. The van der Waals surface area contributed by atoms with E-state index in [1.807, 2.05) is 152 Å². The lowest BCUT2D eigenvalue weighted by Gasteiger charge is -2.52. The molecule has 7 saturated heterocycles. The second-order valence-electron chi connectivity index (χ2n) is 41.0. The summed E-state index contributed by atoms with van der Waals surface area (Å²) in [5.74, 6) is -9.19. The second kappa shape index (κ2) is 48.0. The number of likely N-dealkylation sites (N-methyl/N-ethyl adjacent to an activating group) is 2. The molecule has 7 aliphatic rings. The van der Waals surface area contributed by atoms with Gasteiger partial charge in [0.15, 0.2) is 55.4 Å². The molecule has 137 heavy (non-hydrogen) atoms. The topological polar surface area (TPSA) is 334 Å². The fourth-order valence-corrected chi connectivity index (χ4v) is 21.5.